The predicted octanol–water partition coefficient (Wildman–Crippen LogP) is 1.46. The summed E-state index contributed by atoms with van der Waals surface area (Å²) in [6, 6.07) is 9.05. The molecule has 0 saturated heterocycles. The first kappa shape index (κ1) is 13.3. The summed E-state index contributed by atoms with van der Waals surface area (Å²) in [7, 11) is 0. The molecule has 0 bridgehead atoms. The van der Waals surface area contributed by atoms with Gasteiger partial charge in [0.1, 0.15) is 24.7 Å². The lowest BCUT2D eigenvalue weighted by molar-refractivity contribution is -0.116. The van der Waals surface area contributed by atoms with Gasteiger partial charge in [0.2, 0.25) is 5.91 Å². The van der Waals surface area contributed by atoms with Gasteiger partial charge >= 0.3 is 0 Å². The van der Waals surface area contributed by atoms with Crippen molar-refractivity contribution >= 4 is 22.8 Å². The maximum absolute atomic E-state index is 12.1. The number of imidazole rings is 1. The van der Waals surface area contributed by atoms with E-state index >= 15 is 0 Å². The minimum absolute atomic E-state index is 0.0440. The normalized spacial score (nSPS) is 11.0. The smallest absolute Gasteiger partial charge is 0.245 e. The molecule has 0 saturated carbocycles. The zero-order valence-electron chi connectivity index (χ0n) is 11.4. The van der Waals surface area contributed by atoms with Crippen molar-refractivity contribution in [3.63, 3.8) is 0 Å². The van der Waals surface area contributed by atoms with Gasteiger partial charge in [-0.3, -0.25) is 4.79 Å². The third-order valence-corrected chi connectivity index (χ3v) is 3.07. The molecule has 3 rings (SSSR count). The number of rotatable bonds is 4. The number of nitrogens with zero attached hydrogens (tertiary/aromatic N) is 3. The van der Waals surface area contributed by atoms with Crippen LogP contribution >= 0.6 is 0 Å². The molecule has 0 aliphatic heterocycles. The molecular weight excluding hydrogens is 272 g/mol. The number of nitrogens with one attached hydrogen (secondary N) is 1. The van der Waals surface area contributed by atoms with E-state index in [1.165, 1.54) is 0 Å². The summed E-state index contributed by atoms with van der Waals surface area (Å²) in [5.74, 6) is 1.17. The zero-order chi connectivity index (χ0) is 14.8. The fourth-order valence-corrected chi connectivity index (χ4v) is 2.17. The Bertz CT molecular complexity index is 790. The minimum Gasteiger partial charge on any atom is -0.388 e. The van der Waals surface area contributed by atoms with Crippen molar-refractivity contribution in [2.45, 2.75) is 20.1 Å². The maximum Gasteiger partial charge on any atom is 0.245 e. The van der Waals surface area contributed by atoms with Crippen molar-refractivity contribution in [2.75, 3.05) is 5.32 Å². The Morgan fingerprint density at radius 2 is 2.24 bits per heavy atom. The number of benzene rings is 1. The third kappa shape index (κ3) is 2.63. The lowest BCUT2D eigenvalue weighted by Crippen LogP contribution is -2.20. The van der Waals surface area contributed by atoms with Crippen LogP contribution < -0.4 is 5.32 Å². The van der Waals surface area contributed by atoms with Crippen molar-refractivity contribution in [3.8, 4) is 0 Å². The molecule has 0 aliphatic carbocycles. The number of anilines is 1. The van der Waals surface area contributed by atoms with Crippen LogP contribution in [0.5, 0.6) is 0 Å². The topological polar surface area (TPSA) is 93.2 Å². The first-order chi connectivity index (χ1) is 10.2. The number of aliphatic hydroxyl groups excluding tert-OH is 1. The van der Waals surface area contributed by atoms with Crippen LogP contribution in [0.3, 0.4) is 0 Å². The van der Waals surface area contributed by atoms with Crippen LogP contribution in [0.15, 0.2) is 34.9 Å². The van der Waals surface area contributed by atoms with Crippen LogP contribution in [0, 0.1) is 6.92 Å². The standard InChI is InChI=1S/C14H14N4O3/c1-9-6-12(17-21-9)16-14(20)7-18-11-5-3-2-4-10(11)15-13(18)8-19/h2-6,19H,7-8H2,1H3,(H,16,17,20). The summed E-state index contributed by atoms with van der Waals surface area (Å²) in [5.41, 5.74) is 1.54. The number of aryl methyl sites for hydroxylation is 1. The second-order valence-electron chi connectivity index (χ2n) is 4.63. The summed E-state index contributed by atoms with van der Waals surface area (Å²) < 4.78 is 6.57. The van der Waals surface area contributed by atoms with E-state index in [1.807, 2.05) is 24.3 Å². The van der Waals surface area contributed by atoms with Crippen LogP contribution in [-0.4, -0.2) is 25.7 Å². The van der Waals surface area contributed by atoms with Gasteiger partial charge in [0, 0.05) is 6.07 Å². The largest absolute Gasteiger partial charge is 0.388 e. The van der Waals surface area contributed by atoms with Crippen molar-refractivity contribution in [1.82, 2.24) is 14.7 Å². The van der Waals surface area contributed by atoms with Gasteiger partial charge in [-0.1, -0.05) is 17.3 Å². The highest BCUT2D eigenvalue weighted by Gasteiger charge is 2.13. The number of aromatic nitrogens is 3. The van der Waals surface area contributed by atoms with E-state index in [-0.39, 0.29) is 19.1 Å². The highest BCUT2D eigenvalue weighted by molar-refractivity contribution is 5.90. The Morgan fingerprint density at radius 1 is 1.43 bits per heavy atom. The van der Waals surface area contributed by atoms with Crippen molar-refractivity contribution in [2.24, 2.45) is 0 Å². The molecule has 2 heterocycles. The van der Waals surface area contributed by atoms with Gasteiger partial charge in [0.25, 0.3) is 0 Å². The second-order valence-corrected chi connectivity index (χ2v) is 4.63. The number of hydrogen-bond acceptors (Lipinski definition) is 5. The van der Waals surface area contributed by atoms with Crippen LogP contribution in [-0.2, 0) is 17.9 Å². The number of carbonyl (C=O) groups is 1. The van der Waals surface area contributed by atoms with E-state index in [9.17, 15) is 9.90 Å². The Labute approximate surface area is 120 Å². The van der Waals surface area contributed by atoms with Crippen molar-refractivity contribution < 1.29 is 14.4 Å². The summed E-state index contributed by atoms with van der Waals surface area (Å²) in [6.07, 6.45) is 0. The molecule has 1 aromatic carbocycles. The number of carbonyl (C=O) groups excluding carboxylic acids is 1. The lowest BCUT2D eigenvalue weighted by atomic mass is 10.3. The Morgan fingerprint density at radius 3 is 2.95 bits per heavy atom. The summed E-state index contributed by atoms with van der Waals surface area (Å²) in [5, 5.41) is 15.7. The molecule has 108 valence electrons. The van der Waals surface area contributed by atoms with E-state index in [2.05, 4.69) is 15.5 Å². The van der Waals surface area contributed by atoms with Crippen LogP contribution in [0.4, 0.5) is 5.82 Å². The summed E-state index contributed by atoms with van der Waals surface area (Å²) in [6.45, 7) is 1.56. The van der Waals surface area contributed by atoms with Gasteiger partial charge in [0.05, 0.1) is 11.0 Å². The van der Waals surface area contributed by atoms with Crippen molar-refractivity contribution in [1.29, 1.82) is 0 Å². The highest BCUT2D eigenvalue weighted by Crippen LogP contribution is 2.16. The Kier molecular flexibility index (Phi) is 3.41. The quantitative estimate of drug-likeness (QED) is 0.757. The molecule has 21 heavy (non-hydrogen) atoms. The molecule has 0 radical (unpaired) electrons. The third-order valence-electron chi connectivity index (χ3n) is 3.07. The Hall–Kier alpha value is -2.67. The molecule has 0 unspecified atom stereocenters. The average Bonchev–Trinajstić information content (AvgIpc) is 3.03. The maximum atomic E-state index is 12.1. The number of amides is 1. The lowest BCUT2D eigenvalue weighted by Gasteiger charge is -2.07. The highest BCUT2D eigenvalue weighted by atomic mass is 16.5. The van der Waals surface area contributed by atoms with E-state index in [0.29, 0.717) is 17.4 Å². The van der Waals surface area contributed by atoms with Gasteiger partial charge in [-0.15, -0.1) is 0 Å². The van der Waals surface area contributed by atoms with Gasteiger partial charge in [-0.05, 0) is 19.1 Å². The first-order valence-electron chi connectivity index (χ1n) is 6.45. The molecule has 0 aliphatic rings. The van der Waals surface area contributed by atoms with Gasteiger partial charge in [-0.2, -0.15) is 0 Å². The average molecular weight is 286 g/mol. The first-order valence-corrected chi connectivity index (χ1v) is 6.45. The monoisotopic (exact) mass is 286 g/mol. The molecule has 0 atom stereocenters. The van der Waals surface area contributed by atoms with E-state index in [0.717, 1.165) is 11.0 Å². The SMILES string of the molecule is Cc1cc(NC(=O)Cn2c(CO)nc3ccccc32)no1. The van der Waals surface area contributed by atoms with Crippen LogP contribution in [0.1, 0.15) is 11.6 Å². The predicted molar refractivity (Wildman–Crippen MR) is 75.5 cm³/mol. The molecular formula is C14H14N4O3. The fraction of sp³-hybridized carbons (Fsp3) is 0.214. The fourth-order valence-electron chi connectivity index (χ4n) is 2.17. The van der Waals surface area contributed by atoms with Gasteiger partial charge < -0.3 is 19.5 Å². The molecule has 3 aromatic rings. The molecule has 0 fully saturated rings. The molecule has 2 N–H and O–H groups in total. The number of fused-ring (bicyclic) bond motifs is 1. The van der Waals surface area contributed by atoms with Crippen LogP contribution in [0.2, 0.25) is 0 Å². The minimum atomic E-state index is -0.263. The number of aliphatic hydroxyl groups is 1. The second kappa shape index (κ2) is 5.37. The van der Waals surface area contributed by atoms with Gasteiger partial charge in [0.15, 0.2) is 5.82 Å². The summed E-state index contributed by atoms with van der Waals surface area (Å²) in [4.78, 5) is 16.4. The molecule has 7 nitrogen and oxygen atoms in total. The number of hydrogen-bond donors (Lipinski definition) is 2. The van der Waals surface area contributed by atoms with Crippen LogP contribution in [0.25, 0.3) is 11.0 Å². The zero-order valence-corrected chi connectivity index (χ0v) is 11.4. The Balaban J connectivity index is 1.85. The van der Waals surface area contributed by atoms with Crippen molar-refractivity contribution in [3.05, 3.63) is 41.9 Å². The molecule has 2 aromatic heterocycles. The summed E-state index contributed by atoms with van der Waals surface area (Å²) >= 11 is 0. The van der Waals surface area contributed by atoms with E-state index in [1.54, 1.807) is 17.6 Å². The molecule has 1 amide bonds. The molecule has 0 spiro atoms. The molecule has 7 heteroatoms. The van der Waals surface area contributed by atoms with E-state index in [4.69, 9.17) is 4.52 Å². The van der Waals surface area contributed by atoms with E-state index < -0.39 is 0 Å². The number of para-hydroxylation sites is 2. The van der Waals surface area contributed by atoms with Gasteiger partial charge in [-0.25, -0.2) is 4.98 Å².